The number of nitrogens with one attached hydrogen (secondary N) is 1. The molecule has 1 aromatic carbocycles. The van der Waals surface area contributed by atoms with Gasteiger partial charge < -0.3 is 21.3 Å². The highest BCUT2D eigenvalue weighted by Crippen LogP contribution is 2.04. The third-order valence-electron chi connectivity index (χ3n) is 2.90. The van der Waals surface area contributed by atoms with Gasteiger partial charge in [0.1, 0.15) is 0 Å². The van der Waals surface area contributed by atoms with Gasteiger partial charge in [-0.3, -0.25) is 9.59 Å². The molecule has 1 aromatic rings. The predicted octanol–water partition coefficient (Wildman–Crippen LogP) is -0.102. The molecule has 0 aliphatic heterocycles. The zero-order valence-corrected chi connectivity index (χ0v) is 11.2. The van der Waals surface area contributed by atoms with Crippen LogP contribution in [0.3, 0.4) is 0 Å². The fraction of sp³-hybridized carbons (Fsp3) is 0.429. The summed E-state index contributed by atoms with van der Waals surface area (Å²) in [6.07, 6.45) is 0.413. The fourth-order valence-electron chi connectivity index (χ4n) is 1.78. The number of nitrogens with two attached hydrogens (primary N) is 1. The Balaban J connectivity index is 2.47. The van der Waals surface area contributed by atoms with Crippen LogP contribution in [0.25, 0.3) is 0 Å². The fourth-order valence-corrected chi connectivity index (χ4v) is 1.78. The minimum Gasteiger partial charge on any atom is -0.481 e. The lowest BCUT2D eigenvalue weighted by Crippen LogP contribution is -2.47. The average molecular weight is 280 g/mol. The maximum atomic E-state index is 11.8. The Morgan fingerprint density at radius 3 is 2.45 bits per heavy atom. The predicted molar refractivity (Wildman–Crippen MR) is 74.0 cm³/mol. The van der Waals surface area contributed by atoms with E-state index in [0.29, 0.717) is 6.42 Å². The SMILES string of the molecule is NC(CCC(=O)O)C(=O)N[C@@H](CO)Cc1ccccc1. The number of aliphatic hydroxyl groups is 1. The number of carboxylic acid groups (broad SMARTS) is 1. The van der Waals surface area contributed by atoms with Gasteiger partial charge in [-0.15, -0.1) is 0 Å². The highest BCUT2D eigenvalue weighted by atomic mass is 16.4. The second kappa shape index (κ2) is 8.29. The molecule has 1 unspecified atom stereocenters. The summed E-state index contributed by atoms with van der Waals surface area (Å²) < 4.78 is 0. The molecule has 0 saturated carbocycles. The van der Waals surface area contributed by atoms with Crippen LogP contribution < -0.4 is 11.1 Å². The lowest BCUT2D eigenvalue weighted by Gasteiger charge is -2.19. The number of aliphatic hydroxyl groups excluding tert-OH is 1. The van der Waals surface area contributed by atoms with Crippen LogP contribution >= 0.6 is 0 Å². The summed E-state index contributed by atoms with van der Waals surface area (Å²) in [7, 11) is 0. The first kappa shape index (κ1) is 16.1. The van der Waals surface area contributed by atoms with Crippen molar-refractivity contribution in [3.8, 4) is 0 Å². The van der Waals surface area contributed by atoms with Crippen LogP contribution in [-0.4, -0.2) is 40.8 Å². The van der Waals surface area contributed by atoms with Crippen molar-refractivity contribution in [3.05, 3.63) is 35.9 Å². The highest BCUT2D eigenvalue weighted by Gasteiger charge is 2.18. The number of benzene rings is 1. The Morgan fingerprint density at radius 1 is 1.25 bits per heavy atom. The molecule has 0 bridgehead atoms. The van der Waals surface area contributed by atoms with Crippen molar-refractivity contribution in [1.82, 2.24) is 5.32 Å². The maximum Gasteiger partial charge on any atom is 0.303 e. The van der Waals surface area contributed by atoms with E-state index in [9.17, 15) is 14.7 Å². The van der Waals surface area contributed by atoms with Gasteiger partial charge in [-0.05, 0) is 18.4 Å². The molecule has 20 heavy (non-hydrogen) atoms. The van der Waals surface area contributed by atoms with Crippen molar-refractivity contribution in [2.24, 2.45) is 5.73 Å². The van der Waals surface area contributed by atoms with E-state index in [4.69, 9.17) is 10.8 Å². The number of aliphatic carboxylic acids is 1. The first-order valence-corrected chi connectivity index (χ1v) is 6.45. The van der Waals surface area contributed by atoms with E-state index in [1.807, 2.05) is 30.3 Å². The van der Waals surface area contributed by atoms with Crippen molar-refractivity contribution in [3.63, 3.8) is 0 Å². The lowest BCUT2D eigenvalue weighted by atomic mass is 10.1. The van der Waals surface area contributed by atoms with Gasteiger partial charge in [-0.2, -0.15) is 0 Å². The van der Waals surface area contributed by atoms with Gasteiger partial charge in [-0.1, -0.05) is 30.3 Å². The van der Waals surface area contributed by atoms with Crippen LogP contribution in [-0.2, 0) is 16.0 Å². The maximum absolute atomic E-state index is 11.8. The largest absolute Gasteiger partial charge is 0.481 e. The quantitative estimate of drug-likeness (QED) is 0.531. The summed E-state index contributed by atoms with van der Waals surface area (Å²) in [4.78, 5) is 22.2. The number of carbonyl (C=O) groups excluding carboxylic acids is 1. The zero-order valence-electron chi connectivity index (χ0n) is 11.2. The van der Waals surface area contributed by atoms with Crippen molar-refractivity contribution in [2.45, 2.75) is 31.3 Å². The Bertz CT molecular complexity index is 436. The van der Waals surface area contributed by atoms with Gasteiger partial charge in [0.05, 0.1) is 18.7 Å². The van der Waals surface area contributed by atoms with Gasteiger partial charge in [0.25, 0.3) is 0 Å². The molecular weight excluding hydrogens is 260 g/mol. The summed E-state index contributed by atoms with van der Waals surface area (Å²) in [6.45, 7) is -0.202. The van der Waals surface area contributed by atoms with Gasteiger partial charge in [0.15, 0.2) is 0 Å². The molecule has 1 rings (SSSR count). The topological polar surface area (TPSA) is 113 Å². The molecule has 0 fully saturated rings. The molecule has 0 heterocycles. The molecule has 0 radical (unpaired) electrons. The van der Waals surface area contributed by atoms with Crippen LogP contribution in [0.15, 0.2) is 30.3 Å². The van der Waals surface area contributed by atoms with E-state index in [2.05, 4.69) is 5.32 Å². The van der Waals surface area contributed by atoms with E-state index in [1.54, 1.807) is 0 Å². The molecular formula is C14H20N2O4. The molecule has 0 aromatic heterocycles. The second-order valence-electron chi connectivity index (χ2n) is 4.62. The molecule has 6 heteroatoms. The normalized spacial score (nSPS) is 13.5. The van der Waals surface area contributed by atoms with E-state index in [0.717, 1.165) is 5.56 Å². The van der Waals surface area contributed by atoms with Crippen LogP contribution in [0.1, 0.15) is 18.4 Å². The molecule has 110 valence electrons. The molecule has 0 spiro atoms. The number of hydrogen-bond donors (Lipinski definition) is 4. The number of amides is 1. The van der Waals surface area contributed by atoms with Crippen LogP contribution in [0.4, 0.5) is 0 Å². The first-order chi connectivity index (χ1) is 9.52. The summed E-state index contributed by atoms with van der Waals surface area (Å²) in [5, 5.41) is 20.5. The van der Waals surface area contributed by atoms with Crippen LogP contribution in [0, 0.1) is 0 Å². The van der Waals surface area contributed by atoms with Gasteiger partial charge >= 0.3 is 5.97 Å². The minimum absolute atomic E-state index is 0.0741. The average Bonchev–Trinajstić information content (AvgIpc) is 2.44. The number of hydrogen-bond acceptors (Lipinski definition) is 4. The lowest BCUT2D eigenvalue weighted by molar-refractivity contribution is -0.137. The smallest absolute Gasteiger partial charge is 0.303 e. The molecule has 2 atom stereocenters. The summed E-state index contributed by atoms with van der Waals surface area (Å²) in [5.74, 6) is -1.43. The summed E-state index contributed by atoms with van der Waals surface area (Å²) in [6, 6.07) is 8.14. The standard InChI is InChI=1S/C14H20N2O4/c15-12(6-7-13(18)19)14(20)16-11(9-17)8-10-4-2-1-3-5-10/h1-5,11-12,17H,6-9,15H2,(H,16,20)(H,18,19)/t11-,12?/m1/s1. The zero-order chi connectivity index (χ0) is 15.0. The third-order valence-corrected chi connectivity index (χ3v) is 2.90. The molecule has 0 aliphatic carbocycles. The third kappa shape index (κ3) is 5.81. The van der Waals surface area contributed by atoms with Crippen molar-refractivity contribution in [1.29, 1.82) is 0 Å². The van der Waals surface area contributed by atoms with E-state index in [1.165, 1.54) is 0 Å². The van der Waals surface area contributed by atoms with Gasteiger partial charge in [0.2, 0.25) is 5.91 Å². The number of rotatable bonds is 8. The number of carboxylic acids is 1. The first-order valence-electron chi connectivity index (χ1n) is 6.45. The monoisotopic (exact) mass is 280 g/mol. The Hall–Kier alpha value is -1.92. The molecule has 0 aliphatic rings. The van der Waals surface area contributed by atoms with Gasteiger partial charge in [-0.25, -0.2) is 0 Å². The Kier molecular flexibility index (Phi) is 6.69. The van der Waals surface area contributed by atoms with Crippen LogP contribution in [0.2, 0.25) is 0 Å². The number of carbonyl (C=O) groups is 2. The Morgan fingerprint density at radius 2 is 1.90 bits per heavy atom. The van der Waals surface area contributed by atoms with E-state index >= 15 is 0 Å². The minimum atomic E-state index is -0.990. The molecule has 1 amide bonds. The van der Waals surface area contributed by atoms with Crippen molar-refractivity contribution < 1.29 is 19.8 Å². The highest BCUT2D eigenvalue weighted by molar-refractivity contribution is 5.82. The van der Waals surface area contributed by atoms with Crippen molar-refractivity contribution >= 4 is 11.9 Å². The Labute approximate surface area is 117 Å². The summed E-state index contributed by atoms with van der Waals surface area (Å²) in [5.41, 5.74) is 6.60. The van der Waals surface area contributed by atoms with Gasteiger partial charge in [0, 0.05) is 6.42 Å². The second-order valence-corrected chi connectivity index (χ2v) is 4.62. The summed E-state index contributed by atoms with van der Waals surface area (Å²) >= 11 is 0. The van der Waals surface area contributed by atoms with Crippen molar-refractivity contribution in [2.75, 3.05) is 6.61 Å². The molecule has 0 saturated heterocycles. The van der Waals surface area contributed by atoms with E-state index in [-0.39, 0.29) is 19.4 Å². The van der Waals surface area contributed by atoms with E-state index < -0.39 is 24.0 Å². The van der Waals surface area contributed by atoms with Crippen LogP contribution in [0.5, 0.6) is 0 Å². The molecule has 5 N–H and O–H groups in total. The molecule has 6 nitrogen and oxygen atoms in total.